The molecule has 4 aromatic heterocycles. The Kier molecular flexibility index (Phi) is 4.61. The zero-order valence-corrected chi connectivity index (χ0v) is 20.3. The highest BCUT2D eigenvalue weighted by Crippen LogP contribution is 2.52. The summed E-state index contributed by atoms with van der Waals surface area (Å²) in [5.41, 5.74) is 7.04. The Morgan fingerprint density at radius 2 is 1.94 bits per heavy atom. The van der Waals surface area contributed by atoms with Crippen LogP contribution in [0, 0.1) is 0 Å². The van der Waals surface area contributed by atoms with Crippen LogP contribution in [-0.2, 0) is 31.0 Å². The molecule has 1 fully saturated rings. The molecule has 178 valence electrons. The molecular formula is C25H24FN7OS. The second-order valence-electron chi connectivity index (χ2n) is 9.42. The summed E-state index contributed by atoms with van der Waals surface area (Å²) in [5.74, 6) is 0. The Morgan fingerprint density at radius 1 is 1.09 bits per heavy atom. The first-order valence-electron chi connectivity index (χ1n) is 11.7. The summed E-state index contributed by atoms with van der Waals surface area (Å²) in [6.45, 7) is 2.29. The second kappa shape index (κ2) is 7.64. The van der Waals surface area contributed by atoms with Gasteiger partial charge in [-0.2, -0.15) is 10.2 Å². The van der Waals surface area contributed by atoms with Gasteiger partial charge in [0.1, 0.15) is 0 Å². The molecule has 1 spiro atoms. The number of piperidine rings is 1. The molecule has 0 atom stereocenters. The maximum Gasteiger partial charge on any atom is 0.171 e. The number of hydrogen-bond donors (Lipinski definition) is 1. The zero-order chi connectivity index (χ0) is 23.7. The smallest absolute Gasteiger partial charge is 0.171 e. The van der Waals surface area contributed by atoms with E-state index in [1.807, 2.05) is 37.4 Å². The van der Waals surface area contributed by atoms with Crippen LogP contribution < -0.4 is 5.32 Å². The summed E-state index contributed by atoms with van der Waals surface area (Å²) < 4.78 is 26.4. The lowest BCUT2D eigenvalue weighted by Crippen LogP contribution is -2.39. The van der Waals surface area contributed by atoms with Crippen LogP contribution in [0.25, 0.3) is 44.3 Å². The van der Waals surface area contributed by atoms with Gasteiger partial charge in [-0.3, -0.25) is 9.36 Å². The molecule has 2 aliphatic heterocycles. The molecule has 2 aliphatic rings. The van der Waals surface area contributed by atoms with Crippen molar-refractivity contribution in [2.45, 2.75) is 25.0 Å². The van der Waals surface area contributed by atoms with Gasteiger partial charge >= 0.3 is 0 Å². The fourth-order valence-electron chi connectivity index (χ4n) is 5.87. The summed E-state index contributed by atoms with van der Waals surface area (Å²) in [5, 5.41) is 14.3. The summed E-state index contributed by atoms with van der Waals surface area (Å²) in [7, 11) is 3.80. The molecule has 6 heterocycles. The third-order valence-electron chi connectivity index (χ3n) is 7.47. The van der Waals surface area contributed by atoms with Crippen molar-refractivity contribution in [2.24, 2.45) is 14.1 Å². The van der Waals surface area contributed by atoms with E-state index in [2.05, 4.69) is 33.7 Å². The highest BCUT2D eigenvalue weighted by Gasteiger charge is 2.44. The quantitative estimate of drug-likeness (QED) is 0.403. The molecule has 1 N–H and O–H groups in total. The summed E-state index contributed by atoms with van der Waals surface area (Å²) in [6.07, 6.45) is 9.18. The minimum Gasteiger partial charge on any atom is -0.365 e. The maximum atomic E-state index is 14.7. The number of pyridine rings is 1. The summed E-state index contributed by atoms with van der Waals surface area (Å²) in [4.78, 5) is 4.77. The first kappa shape index (κ1) is 21.1. The Bertz CT molecular complexity index is 1610. The van der Waals surface area contributed by atoms with E-state index in [9.17, 15) is 3.89 Å². The van der Waals surface area contributed by atoms with Crippen LogP contribution in [0.5, 0.6) is 0 Å². The highest BCUT2D eigenvalue weighted by molar-refractivity contribution is 7.93. The van der Waals surface area contributed by atoms with Gasteiger partial charge in [0.15, 0.2) is 18.0 Å². The van der Waals surface area contributed by atoms with Crippen LogP contribution >= 0.6 is 12.3 Å². The van der Waals surface area contributed by atoms with Gasteiger partial charge in [0.2, 0.25) is 0 Å². The normalized spacial score (nSPS) is 17.1. The van der Waals surface area contributed by atoms with Crippen LogP contribution in [0.4, 0.5) is 3.89 Å². The first-order valence-corrected chi connectivity index (χ1v) is 12.4. The van der Waals surface area contributed by atoms with Gasteiger partial charge < -0.3 is 10.1 Å². The van der Waals surface area contributed by atoms with Crippen molar-refractivity contribution in [3.8, 4) is 22.4 Å². The van der Waals surface area contributed by atoms with Gasteiger partial charge in [0, 0.05) is 59.5 Å². The topological polar surface area (TPSA) is 74.7 Å². The monoisotopic (exact) mass is 489 g/mol. The van der Waals surface area contributed by atoms with Crippen molar-refractivity contribution >= 4 is 34.3 Å². The third kappa shape index (κ3) is 2.96. The average Bonchev–Trinajstić information content (AvgIpc) is 3.63. The molecule has 35 heavy (non-hydrogen) atoms. The number of fused-ring (bicyclic) bond motifs is 5. The molecule has 10 heteroatoms. The SMILES string of the molecule is Cn1cc(-c2c(-c3ccc4c(cnn4C)c3)c3c4c(cnc3n2SF)COC42CCNCC2)cn1. The molecule has 5 aromatic rings. The largest absolute Gasteiger partial charge is 0.365 e. The van der Waals surface area contributed by atoms with E-state index >= 15 is 0 Å². The number of benzene rings is 1. The molecule has 0 radical (unpaired) electrons. The summed E-state index contributed by atoms with van der Waals surface area (Å²) >= 11 is 0.180. The van der Waals surface area contributed by atoms with Crippen molar-refractivity contribution < 1.29 is 8.62 Å². The highest BCUT2D eigenvalue weighted by atomic mass is 32.2. The number of aromatic nitrogens is 6. The van der Waals surface area contributed by atoms with Gasteiger partial charge in [-0.25, -0.2) is 8.96 Å². The van der Waals surface area contributed by atoms with Crippen molar-refractivity contribution in [3.63, 3.8) is 0 Å². The molecule has 0 bridgehead atoms. The third-order valence-corrected chi connectivity index (χ3v) is 7.97. The fraction of sp³-hybridized carbons (Fsp3) is 0.320. The number of hydrogen-bond acceptors (Lipinski definition) is 6. The standard InChI is InChI=1S/C25H24FN7OS/c1-31-13-17(12-29-31)23-20(15-3-4-19-16(9-15)11-30-32(19)2)21-22-18(10-28-24(21)33(23)35-26)14-34-25(22)5-7-27-8-6-25/h3-4,9-13,27H,5-8,14H2,1-2H3. The van der Waals surface area contributed by atoms with Crippen molar-refractivity contribution in [3.05, 3.63) is 54.1 Å². The van der Waals surface area contributed by atoms with E-state index in [1.165, 1.54) is 0 Å². The van der Waals surface area contributed by atoms with Crippen LogP contribution in [0.3, 0.4) is 0 Å². The number of ether oxygens (including phenoxy) is 1. The van der Waals surface area contributed by atoms with Crippen LogP contribution in [0.15, 0.2) is 43.0 Å². The fourth-order valence-corrected chi connectivity index (χ4v) is 6.34. The summed E-state index contributed by atoms with van der Waals surface area (Å²) in [6, 6.07) is 6.30. The number of halogens is 1. The van der Waals surface area contributed by atoms with Gasteiger partial charge in [0.25, 0.3) is 0 Å². The lowest BCUT2D eigenvalue weighted by atomic mass is 9.81. The number of nitrogens with one attached hydrogen (secondary N) is 1. The molecule has 0 saturated carbocycles. The van der Waals surface area contributed by atoms with Gasteiger partial charge in [-0.1, -0.05) is 6.07 Å². The van der Waals surface area contributed by atoms with Crippen LogP contribution in [-0.4, -0.2) is 41.6 Å². The molecular weight excluding hydrogens is 465 g/mol. The van der Waals surface area contributed by atoms with E-state index < -0.39 is 5.60 Å². The average molecular weight is 490 g/mol. The molecule has 7 rings (SSSR count). The minimum absolute atomic E-state index is 0.180. The van der Waals surface area contributed by atoms with Crippen molar-refractivity contribution in [1.82, 2.24) is 33.8 Å². The van der Waals surface area contributed by atoms with Gasteiger partial charge in [-0.05, 0) is 43.6 Å². The van der Waals surface area contributed by atoms with E-state index in [0.717, 1.165) is 75.7 Å². The maximum absolute atomic E-state index is 14.7. The number of aryl methyl sites for hydroxylation is 2. The zero-order valence-electron chi connectivity index (χ0n) is 19.5. The predicted molar refractivity (Wildman–Crippen MR) is 134 cm³/mol. The van der Waals surface area contributed by atoms with Gasteiger partial charge in [0.05, 0.1) is 35.8 Å². The number of rotatable bonds is 3. The van der Waals surface area contributed by atoms with E-state index in [0.29, 0.717) is 12.3 Å². The number of nitrogens with zero attached hydrogens (tertiary/aromatic N) is 6. The van der Waals surface area contributed by atoms with Crippen LogP contribution in [0.1, 0.15) is 24.0 Å². The minimum atomic E-state index is -0.395. The Hall–Kier alpha value is -3.21. The van der Waals surface area contributed by atoms with E-state index in [-0.39, 0.29) is 12.3 Å². The molecule has 1 saturated heterocycles. The van der Waals surface area contributed by atoms with Crippen LogP contribution in [0.2, 0.25) is 0 Å². The molecule has 1 aromatic carbocycles. The Morgan fingerprint density at radius 3 is 2.71 bits per heavy atom. The lowest BCUT2D eigenvalue weighted by molar-refractivity contribution is -0.0582. The van der Waals surface area contributed by atoms with Gasteiger partial charge in [-0.15, -0.1) is 3.89 Å². The van der Waals surface area contributed by atoms with E-state index in [1.54, 1.807) is 14.9 Å². The molecule has 0 amide bonds. The first-order chi connectivity index (χ1) is 17.1. The molecule has 8 nitrogen and oxygen atoms in total. The lowest BCUT2D eigenvalue weighted by Gasteiger charge is -2.34. The molecule has 0 aliphatic carbocycles. The van der Waals surface area contributed by atoms with E-state index in [4.69, 9.17) is 9.72 Å². The Labute approximate surface area is 205 Å². The second-order valence-corrected chi connectivity index (χ2v) is 9.92. The predicted octanol–water partition coefficient (Wildman–Crippen LogP) is 4.48. The van der Waals surface area contributed by atoms with Crippen molar-refractivity contribution in [2.75, 3.05) is 13.1 Å². The molecule has 0 unspecified atom stereocenters. The Balaban J connectivity index is 1.62. The van der Waals surface area contributed by atoms with Crippen molar-refractivity contribution in [1.29, 1.82) is 0 Å².